The summed E-state index contributed by atoms with van der Waals surface area (Å²) in [6.45, 7) is 1.50. The Kier molecular flexibility index (Phi) is 4.03. The van der Waals surface area contributed by atoms with Crippen molar-refractivity contribution in [3.8, 4) is 0 Å². The zero-order valence-electron chi connectivity index (χ0n) is 11.6. The van der Waals surface area contributed by atoms with Crippen molar-refractivity contribution in [2.75, 3.05) is 19.7 Å². The highest BCUT2D eigenvalue weighted by Crippen LogP contribution is 2.24. The smallest absolute Gasteiger partial charge is 0.244 e. The first-order valence-electron chi connectivity index (χ1n) is 7.00. The Bertz CT molecular complexity index is 583. The van der Waals surface area contributed by atoms with E-state index in [0.29, 0.717) is 19.7 Å². The fraction of sp³-hybridized carbons (Fsp3) is 0.312. The highest BCUT2D eigenvalue weighted by molar-refractivity contribution is 5.83. The molecule has 2 heterocycles. The molecule has 0 bridgehead atoms. The van der Waals surface area contributed by atoms with Crippen LogP contribution >= 0.6 is 0 Å². The number of morpholine rings is 1. The standard InChI is InChI=1S/C16H18N2O3/c17-15(12-5-2-1-3-6-12)16(19)18-8-10-21-14(11-18)13-7-4-9-20-13/h1-7,9,14-15H,8,10-11,17H2. The van der Waals surface area contributed by atoms with Gasteiger partial charge in [-0.3, -0.25) is 4.79 Å². The number of furan rings is 1. The summed E-state index contributed by atoms with van der Waals surface area (Å²) in [4.78, 5) is 14.3. The van der Waals surface area contributed by atoms with Gasteiger partial charge in [0.15, 0.2) is 0 Å². The lowest BCUT2D eigenvalue weighted by Crippen LogP contribution is -2.46. The zero-order chi connectivity index (χ0) is 14.7. The highest BCUT2D eigenvalue weighted by atomic mass is 16.5. The number of hydrogen-bond acceptors (Lipinski definition) is 4. The van der Waals surface area contributed by atoms with E-state index in [9.17, 15) is 4.79 Å². The van der Waals surface area contributed by atoms with Gasteiger partial charge in [0.2, 0.25) is 5.91 Å². The van der Waals surface area contributed by atoms with Crippen molar-refractivity contribution in [3.63, 3.8) is 0 Å². The van der Waals surface area contributed by atoms with E-state index in [4.69, 9.17) is 14.9 Å². The van der Waals surface area contributed by atoms with Crippen LogP contribution in [-0.4, -0.2) is 30.5 Å². The molecule has 1 aromatic heterocycles. The molecule has 0 radical (unpaired) electrons. The summed E-state index contributed by atoms with van der Waals surface area (Å²) < 4.78 is 11.0. The Hall–Kier alpha value is -2.11. The lowest BCUT2D eigenvalue weighted by molar-refractivity contribution is -0.141. The minimum atomic E-state index is -0.637. The van der Waals surface area contributed by atoms with E-state index in [1.54, 1.807) is 11.2 Å². The minimum absolute atomic E-state index is 0.0824. The molecule has 1 fully saturated rings. The highest BCUT2D eigenvalue weighted by Gasteiger charge is 2.30. The zero-order valence-corrected chi connectivity index (χ0v) is 11.6. The maximum absolute atomic E-state index is 12.5. The number of nitrogens with zero attached hydrogens (tertiary/aromatic N) is 1. The lowest BCUT2D eigenvalue weighted by Gasteiger charge is -2.33. The van der Waals surface area contributed by atoms with E-state index < -0.39 is 6.04 Å². The number of ether oxygens (including phenoxy) is 1. The summed E-state index contributed by atoms with van der Waals surface area (Å²) in [6, 6.07) is 12.4. The maximum atomic E-state index is 12.5. The van der Waals surface area contributed by atoms with Crippen LogP contribution in [0.3, 0.4) is 0 Å². The van der Waals surface area contributed by atoms with Crippen LogP contribution in [0.25, 0.3) is 0 Å². The van der Waals surface area contributed by atoms with Crippen molar-refractivity contribution in [1.82, 2.24) is 4.90 Å². The molecule has 1 amide bonds. The summed E-state index contributed by atoms with van der Waals surface area (Å²) in [7, 11) is 0. The van der Waals surface area contributed by atoms with Gasteiger partial charge in [-0.1, -0.05) is 30.3 Å². The molecule has 0 saturated carbocycles. The van der Waals surface area contributed by atoms with Gasteiger partial charge >= 0.3 is 0 Å². The summed E-state index contributed by atoms with van der Waals surface area (Å²) in [5, 5.41) is 0. The summed E-state index contributed by atoms with van der Waals surface area (Å²) >= 11 is 0. The van der Waals surface area contributed by atoms with Crippen LogP contribution < -0.4 is 5.73 Å². The number of hydrogen-bond donors (Lipinski definition) is 1. The Morgan fingerprint density at radius 2 is 2.05 bits per heavy atom. The lowest BCUT2D eigenvalue weighted by atomic mass is 10.1. The molecule has 2 N–H and O–H groups in total. The molecule has 0 aliphatic carbocycles. The number of amides is 1. The van der Waals surface area contributed by atoms with Gasteiger partial charge in [0.25, 0.3) is 0 Å². The van der Waals surface area contributed by atoms with Gasteiger partial charge in [0, 0.05) is 6.54 Å². The molecule has 2 atom stereocenters. The van der Waals surface area contributed by atoms with E-state index in [2.05, 4.69) is 0 Å². The molecule has 2 unspecified atom stereocenters. The Balaban J connectivity index is 1.70. The van der Waals surface area contributed by atoms with E-state index in [1.165, 1.54) is 0 Å². The van der Waals surface area contributed by atoms with Crippen molar-refractivity contribution in [2.45, 2.75) is 12.1 Å². The van der Waals surface area contributed by atoms with Crippen molar-refractivity contribution >= 4 is 5.91 Å². The van der Waals surface area contributed by atoms with Gasteiger partial charge in [-0.05, 0) is 17.7 Å². The molecule has 2 aromatic rings. The molecular weight excluding hydrogens is 268 g/mol. The third-order valence-corrected chi connectivity index (χ3v) is 3.66. The van der Waals surface area contributed by atoms with E-state index >= 15 is 0 Å². The van der Waals surface area contributed by atoms with Gasteiger partial charge in [-0.15, -0.1) is 0 Å². The van der Waals surface area contributed by atoms with Crippen LogP contribution in [0.1, 0.15) is 23.5 Å². The molecular formula is C16H18N2O3. The molecule has 0 spiro atoms. The van der Waals surface area contributed by atoms with Gasteiger partial charge in [0.1, 0.15) is 17.9 Å². The molecule has 1 aromatic carbocycles. The minimum Gasteiger partial charge on any atom is -0.467 e. The topological polar surface area (TPSA) is 68.7 Å². The maximum Gasteiger partial charge on any atom is 0.244 e. The molecule has 110 valence electrons. The predicted octanol–water partition coefficient (Wildman–Crippen LogP) is 1.88. The Morgan fingerprint density at radius 3 is 2.76 bits per heavy atom. The summed E-state index contributed by atoms with van der Waals surface area (Å²) in [5.74, 6) is 0.654. The second-order valence-corrected chi connectivity index (χ2v) is 5.05. The van der Waals surface area contributed by atoms with E-state index in [-0.39, 0.29) is 12.0 Å². The molecule has 21 heavy (non-hydrogen) atoms. The van der Waals surface area contributed by atoms with E-state index in [1.807, 2.05) is 42.5 Å². The van der Waals surface area contributed by atoms with Crippen molar-refractivity contribution in [1.29, 1.82) is 0 Å². The molecule has 1 saturated heterocycles. The van der Waals surface area contributed by atoms with Gasteiger partial charge in [-0.2, -0.15) is 0 Å². The first-order chi connectivity index (χ1) is 10.3. The first kappa shape index (κ1) is 13.9. The fourth-order valence-corrected chi connectivity index (χ4v) is 2.50. The number of carbonyl (C=O) groups is 1. The quantitative estimate of drug-likeness (QED) is 0.935. The second kappa shape index (κ2) is 6.11. The van der Waals surface area contributed by atoms with Crippen molar-refractivity contribution < 1.29 is 13.9 Å². The second-order valence-electron chi connectivity index (χ2n) is 5.05. The third kappa shape index (κ3) is 2.99. The van der Waals surface area contributed by atoms with Crippen LogP contribution in [0.2, 0.25) is 0 Å². The molecule has 5 heteroatoms. The molecule has 5 nitrogen and oxygen atoms in total. The third-order valence-electron chi connectivity index (χ3n) is 3.66. The van der Waals surface area contributed by atoms with Crippen LogP contribution in [0.5, 0.6) is 0 Å². The number of benzene rings is 1. The molecule has 1 aliphatic heterocycles. The monoisotopic (exact) mass is 286 g/mol. The predicted molar refractivity (Wildman–Crippen MR) is 77.4 cm³/mol. The number of nitrogens with two attached hydrogens (primary N) is 1. The molecule has 3 rings (SSSR count). The van der Waals surface area contributed by atoms with Gasteiger partial charge < -0.3 is 19.8 Å². The normalized spacial score (nSPS) is 20.2. The average Bonchev–Trinajstić information content (AvgIpc) is 3.09. The Labute approximate surface area is 123 Å². The number of rotatable bonds is 3. The van der Waals surface area contributed by atoms with E-state index in [0.717, 1.165) is 11.3 Å². The van der Waals surface area contributed by atoms with Crippen molar-refractivity contribution in [3.05, 3.63) is 60.1 Å². The van der Waals surface area contributed by atoms with Crippen LogP contribution in [-0.2, 0) is 9.53 Å². The van der Waals surface area contributed by atoms with Gasteiger partial charge in [-0.25, -0.2) is 0 Å². The fourth-order valence-electron chi connectivity index (χ4n) is 2.50. The summed E-state index contributed by atoms with van der Waals surface area (Å²) in [6.07, 6.45) is 1.38. The van der Waals surface area contributed by atoms with Crippen LogP contribution in [0.4, 0.5) is 0 Å². The van der Waals surface area contributed by atoms with Crippen LogP contribution in [0.15, 0.2) is 53.1 Å². The SMILES string of the molecule is NC(C(=O)N1CCOC(c2ccco2)C1)c1ccccc1. The summed E-state index contributed by atoms with van der Waals surface area (Å²) in [5.41, 5.74) is 6.90. The van der Waals surface area contributed by atoms with Crippen molar-refractivity contribution in [2.24, 2.45) is 5.73 Å². The van der Waals surface area contributed by atoms with Gasteiger partial charge in [0.05, 0.1) is 19.4 Å². The molecule has 1 aliphatic rings. The van der Waals surface area contributed by atoms with Crippen LogP contribution in [0, 0.1) is 0 Å². The largest absolute Gasteiger partial charge is 0.467 e. The average molecular weight is 286 g/mol. The Morgan fingerprint density at radius 1 is 1.24 bits per heavy atom. The first-order valence-corrected chi connectivity index (χ1v) is 7.00. The number of carbonyl (C=O) groups excluding carboxylic acids is 1.